The summed E-state index contributed by atoms with van der Waals surface area (Å²) in [5.41, 5.74) is 1.67. The summed E-state index contributed by atoms with van der Waals surface area (Å²) >= 11 is 0. The van der Waals surface area contributed by atoms with Crippen LogP contribution in [0.25, 0.3) is 0 Å². The minimum absolute atomic E-state index is 0.0721. The number of urea groups is 1. The highest BCUT2D eigenvalue weighted by molar-refractivity contribution is 5.93. The molecule has 2 aromatic rings. The molecular weight excluding hydrogens is 357 g/mol. The number of benzene rings is 2. The van der Waals surface area contributed by atoms with Crippen LogP contribution in [0.1, 0.15) is 24.8 Å². The van der Waals surface area contributed by atoms with Crippen molar-refractivity contribution in [2.45, 2.75) is 25.7 Å². The fourth-order valence-corrected chi connectivity index (χ4v) is 3.56. The number of hydrogen-bond acceptors (Lipinski definition) is 2. The number of carbonyl (C=O) groups excluding carboxylic acids is 2. The number of rotatable bonds is 6. The minimum Gasteiger partial charge on any atom is -0.324 e. The Hall–Kier alpha value is -2.89. The van der Waals surface area contributed by atoms with E-state index in [9.17, 15) is 14.0 Å². The molecular formula is C22H24FN3O2. The number of nitrogens with zero attached hydrogens (tertiary/aromatic N) is 1. The van der Waals surface area contributed by atoms with Crippen molar-refractivity contribution in [1.29, 1.82) is 0 Å². The van der Waals surface area contributed by atoms with Crippen LogP contribution < -0.4 is 10.6 Å². The third-order valence-corrected chi connectivity index (χ3v) is 5.33. The fourth-order valence-electron chi connectivity index (χ4n) is 3.56. The molecule has 2 aromatic carbocycles. The van der Waals surface area contributed by atoms with Gasteiger partial charge in [-0.2, -0.15) is 0 Å². The van der Waals surface area contributed by atoms with E-state index in [1.54, 1.807) is 36.4 Å². The standard InChI is InChI=1S/C22H24FN3O2/c23-19-3-1-2-4-20(19)25-21(27)12-16-7-9-18(10-8-16)24-22(28)26-13-17(14-26)11-15-5-6-15/h1-4,7-10,15,17H,5-6,11-14H2,(H,24,28)(H,25,27). The topological polar surface area (TPSA) is 61.4 Å². The Morgan fingerprint density at radius 1 is 0.964 bits per heavy atom. The first-order chi connectivity index (χ1) is 13.6. The van der Waals surface area contributed by atoms with E-state index < -0.39 is 5.82 Å². The van der Waals surface area contributed by atoms with Gasteiger partial charge in [0.15, 0.2) is 0 Å². The average molecular weight is 381 g/mol. The van der Waals surface area contributed by atoms with Crippen molar-refractivity contribution in [3.05, 3.63) is 59.9 Å². The Kier molecular flexibility index (Phi) is 5.28. The van der Waals surface area contributed by atoms with Crippen LogP contribution in [0.2, 0.25) is 0 Å². The van der Waals surface area contributed by atoms with Gasteiger partial charge in [0.1, 0.15) is 5.82 Å². The molecule has 0 spiro atoms. The van der Waals surface area contributed by atoms with E-state index in [1.165, 1.54) is 31.4 Å². The average Bonchev–Trinajstić information content (AvgIpc) is 3.45. The number of anilines is 2. The second-order valence-corrected chi connectivity index (χ2v) is 7.78. The lowest BCUT2D eigenvalue weighted by molar-refractivity contribution is -0.115. The van der Waals surface area contributed by atoms with Gasteiger partial charge in [-0.25, -0.2) is 9.18 Å². The normalized spacial score (nSPS) is 16.4. The summed E-state index contributed by atoms with van der Waals surface area (Å²) in [6.07, 6.45) is 4.10. The third kappa shape index (κ3) is 4.68. The van der Waals surface area contributed by atoms with Crippen molar-refractivity contribution in [1.82, 2.24) is 4.90 Å². The molecule has 6 heteroatoms. The molecule has 1 saturated carbocycles. The largest absolute Gasteiger partial charge is 0.324 e. The van der Waals surface area contributed by atoms with Crippen molar-refractivity contribution in [2.75, 3.05) is 23.7 Å². The molecule has 146 valence electrons. The van der Waals surface area contributed by atoms with Crippen LogP contribution in [0.4, 0.5) is 20.6 Å². The predicted molar refractivity (Wildman–Crippen MR) is 107 cm³/mol. The quantitative estimate of drug-likeness (QED) is 0.785. The van der Waals surface area contributed by atoms with Crippen molar-refractivity contribution >= 4 is 23.3 Å². The summed E-state index contributed by atoms with van der Waals surface area (Å²) in [4.78, 5) is 26.2. The number of carbonyl (C=O) groups is 2. The maximum Gasteiger partial charge on any atom is 0.321 e. The maximum atomic E-state index is 13.6. The molecule has 0 aromatic heterocycles. The Balaban J connectivity index is 1.24. The van der Waals surface area contributed by atoms with Crippen molar-refractivity contribution in [2.24, 2.45) is 11.8 Å². The fraction of sp³-hybridized carbons (Fsp3) is 0.364. The Morgan fingerprint density at radius 3 is 2.36 bits per heavy atom. The SMILES string of the molecule is O=C(Cc1ccc(NC(=O)N2CC(CC3CC3)C2)cc1)Nc1ccccc1F. The minimum atomic E-state index is -0.459. The molecule has 4 rings (SSSR count). The predicted octanol–water partition coefficient (Wildman–Crippen LogP) is 4.27. The van der Waals surface area contributed by atoms with Gasteiger partial charge < -0.3 is 15.5 Å². The Morgan fingerprint density at radius 2 is 1.68 bits per heavy atom. The number of para-hydroxylation sites is 1. The zero-order valence-corrected chi connectivity index (χ0v) is 15.7. The van der Waals surface area contributed by atoms with Crippen molar-refractivity contribution in [3.8, 4) is 0 Å². The molecule has 1 aliphatic heterocycles. The second-order valence-electron chi connectivity index (χ2n) is 7.78. The van der Waals surface area contributed by atoms with E-state index in [2.05, 4.69) is 10.6 Å². The van der Waals surface area contributed by atoms with Gasteiger partial charge in [-0.15, -0.1) is 0 Å². The summed E-state index contributed by atoms with van der Waals surface area (Å²) in [6.45, 7) is 1.69. The van der Waals surface area contributed by atoms with E-state index in [4.69, 9.17) is 0 Å². The van der Waals surface area contributed by atoms with Crippen LogP contribution in [0, 0.1) is 17.7 Å². The molecule has 0 unspecified atom stereocenters. The third-order valence-electron chi connectivity index (χ3n) is 5.33. The number of likely N-dealkylation sites (tertiary alicyclic amines) is 1. The van der Waals surface area contributed by atoms with E-state index in [0.717, 1.165) is 24.6 Å². The number of halogens is 1. The Labute approximate surface area is 163 Å². The van der Waals surface area contributed by atoms with E-state index >= 15 is 0 Å². The number of amides is 3. The Bertz CT molecular complexity index is 858. The van der Waals surface area contributed by atoms with E-state index in [-0.39, 0.29) is 24.0 Å². The molecule has 1 heterocycles. The highest BCUT2D eigenvalue weighted by Crippen LogP contribution is 2.38. The van der Waals surface area contributed by atoms with Gasteiger partial charge in [0, 0.05) is 18.8 Å². The van der Waals surface area contributed by atoms with E-state index in [0.29, 0.717) is 11.6 Å². The lowest BCUT2D eigenvalue weighted by Crippen LogP contribution is -2.51. The van der Waals surface area contributed by atoms with Crippen LogP contribution in [-0.2, 0) is 11.2 Å². The van der Waals surface area contributed by atoms with Gasteiger partial charge in [-0.05, 0) is 48.1 Å². The number of nitrogens with one attached hydrogen (secondary N) is 2. The highest BCUT2D eigenvalue weighted by Gasteiger charge is 2.35. The van der Waals surface area contributed by atoms with Gasteiger partial charge in [0.25, 0.3) is 0 Å². The maximum absolute atomic E-state index is 13.6. The molecule has 5 nitrogen and oxygen atoms in total. The second kappa shape index (κ2) is 8.00. The molecule has 0 bridgehead atoms. The molecule has 3 amide bonds. The molecule has 2 fully saturated rings. The molecule has 1 aliphatic carbocycles. The monoisotopic (exact) mass is 381 g/mol. The van der Waals surface area contributed by atoms with Gasteiger partial charge in [0.05, 0.1) is 12.1 Å². The highest BCUT2D eigenvalue weighted by atomic mass is 19.1. The zero-order valence-electron chi connectivity index (χ0n) is 15.7. The first-order valence-electron chi connectivity index (χ1n) is 9.76. The van der Waals surface area contributed by atoms with Gasteiger partial charge in [-0.3, -0.25) is 4.79 Å². The van der Waals surface area contributed by atoms with Gasteiger partial charge in [-0.1, -0.05) is 37.1 Å². The molecule has 0 atom stereocenters. The lowest BCUT2D eigenvalue weighted by Gasteiger charge is -2.39. The zero-order chi connectivity index (χ0) is 19.5. The van der Waals surface area contributed by atoms with Gasteiger partial charge in [0.2, 0.25) is 5.91 Å². The molecule has 1 saturated heterocycles. The molecule has 0 radical (unpaired) electrons. The summed E-state index contributed by atoms with van der Waals surface area (Å²) in [5, 5.41) is 5.47. The summed E-state index contributed by atoms with van der Waals surface area (Å²) in [5.74, 6) is 0.815. The van der Waals surface area contributed by atoms with Crippen LogP contribution in [0.5, 0.6) is 0 Å². The van der Waals surface area contributed by atoms with Crippen molar-refractivity contribution < 1.29 is 14.0 Å². The molecule has 2 aliphatic rings. The summed E-state index contributed by atoms with van der Waals surface area (Å²) in [7, 11) is 0. The van der Waals surface area contributed by atoms with Crippen LogP contribution in [0.15, 0.2) is 48.5 Å². The molecule has 2 N–H and O–H groups in total. The summed E-state index contributed by atoms with van der Waals surface area (Å²) in [6, 6.07) is 13.2. The van der Waals surface area contributed by atoms with Crippen LogP contribution in [0.3, 0.4) is 0 Å². The first-order valence-corrected chi connectivity index (χ1v) is 9.76. The van der Waals surface area contributed by atoms with Crippen LogP contribution in [-0.4, -0.2) is 29.9 Å². The first kappa shape index (κ1) is 18.5. The lowest BCUT2D eigenvalue weighted by atomic mass is 9.94. The van der Waals surface area contributed by atoms with Crippen LogP contribution >= 0.6 is 0 Å². The smallest absolute Gasteiger partial charge is 0.321 e. The number of hydrogen-bond donors (Lipinski definition) is 2. The van der Waals surface area contributed by atoms with E-state index in [1.807, 2.05) is 4.90 Å². The summed E-state index contributed by atoms with van der Waals surface area (Å²) < 4.78 is 13.6. The van der Waals surface area contributed by atoms with Crippen molar-refractivity contribution in [3.63, 3.8) is 0 Å². The van der Waals surface area contributed by atoms with Gasteiger partial charge >= 0.3 is 6.03 Å². The molecule has 28 heavy (non-hydrogen) atoms.